The second kappa shape index (κ2) is 9.70. The summed E-state index contributed by atoms with van der Waals surface area (Å²) in [6.07, 6.45) is 12.8. The lowest BCUT2D eigenvalue weighted by atomic mass is 9.88. The molecule has 5 rings (SSSR count). The molecule has 0 radical (unpaired) electrons. The molecule has 1 saturated carbocycles. The number of benzene rings is 2. The summed E-state index contributed by atoms with van der Waals surface area (Å²) in [6.45, 7) is 0.407. The van der Waals surface area contributed by atoms with E-state index >= 15 is 0 Å². The first-order valence-corrected chi connectivity index (χ1v) is 12.0. The van der Waals surface area contributed by atoms with Crippen LogP contribution in [0.5, 0.6) is 0 Å². The molecular weight excluding hydrogens is 440 g/mol. The summed E-state index contributed by atoms with van der Waals surface area (Å²) in [5.41, 5.74) is 3.39. The molecule has 2 heterocycles. The minimum Gasteiger partial charge on any atom is -0.478 e. The van der Waals surface area contributed by atoms with Gasteiger partial charge in [-0.15, -0.1) is 0 Å². The molecule has 2 aromatic carbocycles. The van der Waals surface area contributed by atoms with Crippen molar-refractivity contribution in [1.82, 2.24) is 14.8 Å². The lowest BCUT2D eigenvalue weighted by Gasteiger charge is -2.30. The predicted octanol–water partition coefficient (Wildman–Crippen LogP) is 5.33. The maximum Gasteiger partial charge on any atom is 0.328 e. The van der Waals surface area contributed by atoms with E-state index in [4.69, 9.17) is 5.11 Å². The average Bonchev–Trinajstić information content (AvgIpc) is 3.24. The normalized spacial score (nSPS) is 14.7. The van der Waals surface area contributed by atoms with Crippen LogP contribution in [0.4, 0.5) is 5.69 Å². The zero-order valence-corrected chi connectivity index (χ0v) is 19.7. The van der Waals surface area contributed by atoms with E-state index in [2.05, 4.69) is 34.3 Å². The summed E-state index contributed by atoms with van der Waals surface area (Å²) in [5, 5.41) is 16.7. The molecule has 2 aromatic heterocycles. The maximum absolute atomic E-state index is 13.8. The number of carboxylic acids is 1. The Bertz CT molecular complexity index is 1430. The van der Waals surface area contributed by atoms with E-state index in [1.54, 1.807) is 12.4 Å². The third-order valence-electron chi connectivity index (χ3n) is 6.86. The zero-order chi connectivity index (χ0) is 24.4. The van der Waals surface area contributed by atoms with Gasteiger partial charge < -0.3 is 10.0 Å². The molecule has 35 heavy (non-hydrogen) atoms. The van der Waals surface area contributed by atoms with Crippen molar-refractivity contribution >= 4 is 45.3 Å². The maximum atomic E-state index is 13.8. The van der Waals surface area contributed by atoms with Crippen LogP contribution in [0.25, 0.3) is 27.8 Å². The molecule has 0 saturated heterocycles. The number of fused-ring (bicyclic) bond motifs is 2. The Kier molecular flexibility index (Phi) is 6.31. The second-order valence-electron chi connectivity index (χ2n) is 9.22. The number of carboxylic acid groups (broad SMARTS) is 1. The molecule has 1 amide bonds. The van der Waals surface area contributed by atoms with Gasteiger partial charge in [0.15, 0.2) is 0 Å². The van der Waals surface area contributed by atoms with E-state index < -0.39 is 5.97 Å². The SMILES string of the molecule is Cn1ncc2cc3cccc(CN(C(=O)C4CCCCC4)c4cncc(C=CC(=O)O)c4)c3cc21. The van der Waals surface area contributed by atoms with Crippen LogP contribution in [0.2, 0.25) is 0 Å². The Hall–Kier alpha value is -4.00. The highest BCUT2D eigenvalue weighted by Gasteiger charge is 2.28. The van der Waals surface area contributed by atoms with Crippen LogP contribution in [0, 0.1) is 5.92 Å². The van der Waals surface area contributed by atoms with Gasteiger partial charge in [-0.3, -0.25) is 14.5 Å². The van der Waals surface area contributed by atoms with Gasteiger partial charge in [-0.1, -0.05) is 37.5 Å². The van der Waals surface area contributed by atoms with Crippen molar-refractivity contribution in [1.29, 1.82) is 0 Å². The number of pyridine rings is 1. The summed E-state index contributed by atoms with van der Waals surface area (Å²) >= 11 is 0. The van der Waals surface area contributed by atoms with Crippen LogP contribution < -0.4 is 4.90 Å². The molecular formula is C28H28N4O3. The first kappa shape index (κ1) is 22.8. The Morgan fingerprint density at radius 1 is 1.09 bits per heavy atom. The highest BCUT2D eigenvalue weighted by molar-refractivity contribution is 6.00. The molecule has 0 atom stereocenters. The summed E-state index contributed by atoms with van der Waals surface area (Å²) in [7, 11) is 1.93. The molecule has 0 bridgehead atoms. The number of amides is 1. The number of hydrogen-bond acceptors (Lipinski definition) is 4. The summed E-state index contributed by atoms with van der Waals surface area (Å²) in [4.78, 5) is 30.9. The van der Waals surface area contributed by atoms with Gasteiger partial charge >= 0.3 is 5.97 Å². The van der Waals surface area contributed by atoms with E-state index in [-0.39, 0.29) is 11.8 Å². The molecule has 1 aliphatic rings. The summed E-state index contributed by atoms with van der Waals surface area (Å²) < 4.78 is 1.86. The first-order valence-electron chi connectivity index (χ1n) is 12.0. The van der Waals surface area contributed by atoms with Gasteiger partial charge in [0.05, 0.1) is 30.1 Å². The lowest BCUT2D eigenvalue weighted by Crippen LogP contribution is -2.37. The average molecular weight is 469 g/mol. The van der Waals surface area contributed by atoms with Crippen LogP contribution in [-0.2, 0) is 23.2 Å². The highest BCUT2D eigenvalue weighted by Crippen LogP contribution is 2.31. The fourth-order valence-corrected chi connectivity index (χ4v) is 5.02. The van der Waals surface area contributed by atoms with Crippen molar-refractivity contribution in [3.05, 3.63) is 72.2 Å². The lowest BCUT2D eigenvalue weighted by molar-refractivity contribution is -0.131. The molecule has 0 spiro atoms. The topological polar surface area (TPSA) is 88.3 Å². The minimum absolute atomic E-state index is 0.0132. The Morgan fingerprint density at radius 2 is 1.91 bits per heavy atom. The molecule has 178 valence electrons. The van der Waals surface area contributed by atoms with Crippen LogP contribution in [0.1, 0.15) is 43.2 Å². The molecule has 0 unspecified atom stereocenters. The van der Waals surface area contributed by atoms with Crippen molar-refractivity contribution in [3.63, 3.8) is 0 Å². The number of aliphatic carboxylic acids is 1. The van der Waals surface area contributed by atoms with E-state index in [9.17, 15) is 9.59 Å². The van der Waals surface area contributed by atoms with Crippen molar-refractivity contribution in [2.45, 2.75) is 38.6 Å². The predicted molar refractivity (Wildman–Crippen MR) is 137 cm³/mol. The van der Waals surface area contributed by atoms with Crippen LogP contribution in [0.3, 0.4) is 0 Å². The van der Waals surface area contributed by atoms with Crippen molar-refractivity contribution in [3.8, 4) is 0 Å². The van der Waals surface area contributed by atoms with Crippen LogP contribution in [-0.4, -0.2) is 31.7 Å². The molecule has 0 aliphatic heterocycles. The van der Waals surface area contributed by atoms with Gasteiger partial charge in [0.2, 0.25) is 5.91 Å². The second-order valence-corrected chi connectivity index (χ2v) is 9.22. The van der Waals surface area contributed by atoms with Crippen molar-refractivity contribution in [2.75, 3.05) is 4.90 Å². The largest absolute Gasteiger partial charge is 0.478 e. The highest BCUT2D eigenvalue weighted by atomic mass is 16.4. The van der Waals surface area contributed by atoms with Crippen molar-refractivity contribution < 1.29 is 14.7 Å². The number of rotatable bonds is 6. The molecule has 1 aliphatic carbocycles. The fourth-order valence-electron chi connectivity index (χ4n) is 5.02. The number of carbonyl (C=O) groups is 2. The molecule has 4 aromatic rings. The fraction of sp³-hybridized carbons (Fsp3) is 0.286. The number of aryl methyl sites for hydroxylation is 1. The van der Waals surface area contributed by atoms with Crippen LogP contribution >= 0.6 is 0 Å². The molecule has 1 N–H and O–H groups in total. The molecule has 7 heteroatoms. The number of anilines is 1. The van der Waals surface area contributed by atoms with Crippen LogP contribution in [0.15, 0.2) is 61.1 Å². The van der Waals surface area contributed by atoms with E-state index in [1.807, 2.05) is 35.0 Å². The molecule has 1 fully saturated rings. The summed E-state index contributed by atoms with van der Waals surface area (Å²) in [5.74, 6) is -0.937. The van der Waals surface area contributed by atoms with E-state index in [1.165, 1.54) is 12.5 Å². The number of aromatic nitrogens is 3. The first-order chi connectivity index (χ1) is 17.0. The monoisotopic (exact) mass is 468 g/mol. The molecule has 7 nitrogen and oxygen atoms in total. The van der Waals surface area contributed by atoms with Gasteiger partial charge in [-0.25, -0.2) is 4.79 Å². The number of hydrogen-bond donors (Lipinski definition) is 1. The van der Waals surface area contributed by atoms with Gasteiger partial charge in [-0.05, 0) is 59.0 Å². The Morgan fingerprint density at radius 3 is 2.71 bits per heavy atom. The van der Waals surface area contributed by atoms with Crippen molar-refractivity contribution in [2.24, 2.45) is 13.0 Å². The van der Waals surface area contributed by atoms with Gasteiger partial charge in [0.1, 0.15) is 0 Å². The number of carbonyl (C=O) groups excluding carboxylic acids is 1. The smallest absolute Gasteiger partial charge is 0.328 e. The Labute approximate surface area is 203 Å². The van der Waals surface area contributed by atoms with Gasteiger partial charge in [-0.2, -0.15) is 5.10 Å². The quantitative estimate of drug-likeness (QED) is 0.386. The van der Waals surface area contributed by atoms with E-state index in [0.717, 1.165) is 59.0 Å². The number of nitrogens with zero attached hydrogens (tertiary/aromatic N) is 4. The Balaban J connectivity index is 1.57. The third kappa shape index (κ3) is 4.80. The van der Waals surface area contributed by atoms with Gasteiger partial charge in [0, 0.05) is 30.6 Å². The summed E-state index contributed by atoms with van der Waals surface area (Å²) in [6, 6.07) is 12.3. The third-order valence-corrected chi connectivity index (χ3v) is 6.86. The van der Waals surface area contributed by atoms with E-state index in [0.29, 0.717) is 17.8 Å². The standard InChI is InChI=1S/C28H28N4O3/c1-31-26-14-25-21(13-23(26)16-30-31)8-5-9-22(25)18-32(28(35)20-6-3-2-4-7-20)24-12-19(15-29-17-24)10-11-27(33)34/h5,8-17,20H,2-4,6-7,18H2,1H3,(H,33,34). The minimum atomic E-state index is -1.03. The zero-order valence-electron chi connectivity index (χ0n) is 19.7. The van der Waals surface area contributed by atoms with Gasteiger partial charge in [0.25, 0.3) is 0 Å².